The Morgan fingerprint density at radius 2 is 1.32 bits per heavy atom. The molecule has 0 aliphatic carbocycles. The van der Waals surface area contributed by atoms with Crippen LogP contribution < -0.4 is 9.47 Å². The Kier molecular flexibility index (Phi) is 25.2. The smallest absolute Gasteiger partial charge is 0.497 e. The quantitative estimate of drug-likeness (QED) is 0.256. The maximum absolute atomic E-state index is 12.7. The number of aliphatic hydroxyl groups is 4. The number of aryl methyl sites for hydroxylation is 1. The molecule has 0 bridgehead atoms. The van der Waals surface area contributed by atoms with E-state index in [4.69, 9.17) is 29.9 Å². The van der Waals surface area contributed by atoms with Gasteiger partial charge in [-0.2, -0.15) is 0 Å². The van der Waals surface area contributed by atoms with Gasteiger partial charge in [0.15, 0.2) is 5.16 Å². The summed E-state index contributed by atoms with van der Waals surface area (Å²) in [6, 6.07) is 5.50. The van der Waals surface area contributed by atoms with Crippen LogP contribution in [-0.4, -0.2) is 78.2 Å². The van der Waals surface area contributed by atoms with Gasteiger partial charge in [-0.15, -0.1) is 0 Å². The molecule has 3 aromatic rings. The summed E-state index contributed by atoms with van der Waals surface area (Å²) >= 11 is 0. The van der Waals surface area contributed by atoms with Gasteiger partial charge in [0.25, 0.3) is 0 Å². The number of hydrogen-bond acceptors (Lipinski definition) is 9. The number of aromatic nitrogens is 3. The van der Waals surface area contributed by atoms with Crippen molar-refractivity contribution in [2.75, 3.05) is 14.2 Å². The summed E-state index contributed by atoms with van der Waals surface area (Å²) < 4.78 is 23.3. The van der Waals surface area contributed by atoms with Crippen molar-refractivity contribution in [1.29, 1.82) is 0 Å². The van der Waals surface area contributed by atoms with E-state index in [9.17, 15) is 4.21 Å². The van der Waals surface area contributed by atoms with Crippen LogP contribution in [0, 0.1) is 13.8 Å². The second kappa shape index (κ2) is 23.7. The Balaban J connectivity index is -0.000000704. The van der Waals surface area contributed by atoms with E-state index < -0.39 is 10.8 Å². The van der Waals surface area contributed by atoms with Crippen molar-refractivity contribution in [3.8, 4) is 11.5 Å². The van der Waals surface area contributed by atoms with Crippen molar-refractivity contribution in [3.05, 3.63) is 41.2 Å². The number of aliphatic hydroxyl groups excluding tert-OH is 4. The Labute approximate surface area is 263 Å². The number of H-pyrrole nitrogens is 1. The average Bonchev–Trinajstić information content (AvgIpc) is 3.23. The molecule has 41 heavy (non-hydrogen) atoms. The molecule has 0 saturated carbocycles. The number of rotatable bonds is 5. The number of hydrogen-bond donors (Lipinski definition) is 5. The fraction of sp³-hybridized carbons (Fsp3) is 0.586. The van der Waals surface area contributed by atoms with Crippen LogP contribution in [0.4, 0.5) is 0 Å². The van der Waals surface area contributed by atoms with Crippen LogP contribution in [0.15, 0.2) is 29.6 Å². The van der Waals surface area contributed by atoms with Crippen molar-refractivity contribution in [2.45, 2.75) is 105 Å². The van der Waals surface area contributed by atoms with E-state index in [0.29, 0.717) is 5.16 Å². The molecule has 0 aliphatic heterocycles. The SMILES string of the molecule is CC(C)O.CC(C)O.CC(C)O.CC(C)O.COc1ccc2nc([S@](=O)Cc3ncc(C)c(OC)c3C)[nH]c2c1.[Ti+4]. The topological polar surface area (TPSA) is 158 Å². The summed E-state index contributed by atoms with van der Waals surface area (Å²) in [6.45, 7) is 17.6. The van der Waals surface area contributed by atoms with Crippen LogP contribution >= 0.6 is 0 Å². The van der Waals surface area contributed by atoms with Crippen LogP contribution in [0.1, 0.15) is 72.2 Å². The van der Waals surface area contributed by atoms with Crippen LogP contribution in [0.5, 0.6) is 11.5 Å². The van der Waals surface area contributed by atoms with Crippen molar-refractivity contribution < 1.29 is 55.8 Å². The second-order valence-electron chi connectivity index (χ2n) is 9.84. The summed E-state index contributed by atoms with van der Waals surface area (Å²) in [7, 11) is 1.91. The third kappa shape index (κ3) is 21.5. The van der Waals surface area contributed by atoms with Crippen LogP contribution in [0.25, 0.3) is 11.0 Å². The largest absolute Gasteiger partial charge is 4.00 e. The fourth-order valence-corrected chi connectivity index (χ4v) is 3.71. The van der Waals surface area contributed by atoms with Gasteiger partial charge in [-0.3, -0.25) is 9.19 Å². The summed E-state index contributed by atoms with van der Waals surface area (Å²) in [5, 5.41) is 32.7. The molecule has 2 aromatic heterocycles. The van der Waals surface area contributed by atoms with Crippen LogP contribution in [0.3, 0.4) is 0 Å². The molecule has 0 amide bonds. The number of aromatic amines is 1. The molecule has 0 spiro atoms. The van der Waals surface area contributed by atoms with Gasteiger partial charge in [0.1, 0.15) is 11.5 Å². The Morgan fingerprint density at radius 3 is 1.73 bits per heavy atom. The van der Waals surface area contributed by atoms with Gasteiger partial charge in [-0.25, -0.2) is 4.98 Å². The first-order valence-corrected chi connectivity index (χ1v) is 14.4. The van der Waals surface area contributed by atoms with Crippen molar-refractivity contribution in [1.82, 2.24) is 15.0 Å². The van der Waals surface area contributed by atoms with Gasteiger partial charge in [0.2, 0.25) is 0 Å². The molecule has 1 aromatic carbocycles. The Morgan fingerprint density at radius 1 is 0.854 bits per heavy atom. The van der Waals surface area contributed by atoms with Gasteiger partial charge in [-0.1, -0.05) is 0 Å². The number of pyridine rings is 1. The number of methoxy groups -OCH3 is 2. The zero-order chi connectivity index (χ0) is 31.6. The number of imidazole rings is 1. The zero-order valence-electron chi connectivity index (χ0n) is 26.6. The van der Waals surface area contributed by atoms with E-state index >= 15 is 0 Å². The molecular formula is C29H51N3O7STi+4. The fourth-order valence-electron chi connectivity index (χ4n) is 2.61. The molecule has 1 atom stereocenters. The first kappa shape index (κ1) is 43.6. The predicted molar refractivity (Wildman–Crippen MR) is 162 cm³/mol. The standard InChI is InChI=1S/C17H19N3O3S.4C3H8O.Ti/c1-10-8-18-15(11(2)16(10)23-4)9-24(21)17-19-13-6-5-12(22-3)7-14(13)20-17;4*1-3(2)4;/h5-8H,9H2,1-4H3,(H,19,20);4*3-4H,1-2H3;/q;;;;;+4/t24-;;;;;/m1...../s1. The summed E-state index contributed by atoms with van der Waals surface area (Å²) in [5.74, 6) is 1.79. The minimum Gasteiger partial charge on any atom is -0.497 e. The minimum atomic E-state index is -1.33. The molecule has 0 fully saturated rings. The summed E-state index contributed by atoms with van der Waals surface area (Å²) in [4.78, 5) is 11.9. The molecule has 3 rings (SSSR count). The molecule has 0 aliphatic rings. The van der Waals surface area contributed by atoms with E-state index in [2.05, 4.69) is 15.0 Å². The van der Waals surface area contributed by atoms with E-state index in [1.165, 1.54) is 0 Å². The molecule has 0 saturated heterocycles. The number of ether oxygens (including phenoxy) is 2. The van der Waals surface area contributed by atoms with Gasteiger partial charge in [0, 0.05) is 47.8 Å². The first-order chi connectivity index (χ1) is 18.5. The van der Waals surface area contributed by atoms with Crippen LogP contribution in [-0.2, 0) is 38.3 Å². The van der Waals surface area contributed by atoms with Gasteiger partial charge in [0.05, 0.1) is 47.5 Å². The number of nitrogens with zero attached hydrogens (tertiary/aromatic N) is 2. The number of benzene rings is 1. The number of fused-ring (bicyclic) bond motifs is 1. The van der Waals surface area contributed by atoms with E-state index in [1.807, 2.05) is 32.0 Å². The molecule has 12 heteroatoms. The minimum absolute atomic E-state index is 0. The van der Waals surface area contributed by atoms with E-state index in [0.717, 1.165) is 39.4 Å². The Hall–Kier alpha value is -1.86. The maximum Gasteiger partial charge on any atom is 4.00 e. The maximum atomic E-state index is 12.7. The third-order valence-electron chi connectivity index (χ3n) is 3.90. The van der Waals surface area contributed by atoms with E-state index in [-0.39, 0.29) is 51.9 Å². The molecular weight excluding hydrogens is 582 g/mol. The molecule has 230 valence electrons. The number of nitrogens with one attached hydrogen (secondary N) is 1. The first-order valence-electron chi connectivity index (χ1n) is 13.1. The second-order valence-corrected chi connectivity index (χ2v) is 11.2. The predicted octanol–water partition coefficient (Wildman–Crippen LogP) is 4.45. The Bertz CT molecular complexity index is 1090. The monoisotopic (exact) mass is 633 g/mol. The van der Waals surface area contributed by atoms with E-state index in [1.54, 1.807) is 75.8 Å². The molecule has 10 nitrogen and oxygen atoms in total. The average molecular weight is 634 g/mol. The summed E-state index contributed by atoms with van der Waals surface area (Å²) in [6.07, 6.45) is 1.07. The van der Waals surface area contributed by atoms with Crippen LogP contribution in [0.2, 0.25) is 0 Å². The molecule has 0 unspecified atom stereocenters. The van der Waals surface area contributed by atoms with Crippen molar-refractivity contribution in [2.24, 2.45) is 0 Å². The molecule has 0 radical (unpaired) electrons. The third-order valence-corrected chi connectivity index (χ3v) is 5.06. The summed E-state index contributed by atoms with van der Waals surface area (Å²) in [5.41, 5.74) is 4.16. The van der Waals surface area contributed by atoms with Crippen molar-refractivity contribution in [3.63, 3.8) is 0 Å². The molecule has 2 heterocycles. The molecule has 5 N–H and O–H groups in total. The van der Waals surface area contributed by atoms with Gasteiger partial charge < -0.3 is 34.9 Å². The van der Waals surface area contributed by atoms with Gasteiger partial charge in [-0.05, 0) is 81.4 Å². The van der Waals surface area contributed by atoms with Gasteiger partial charge >= 0.3 is 21.7 Å². The van der Waals surface area contributed by atoms with Crippen molar-refractivity contribution >= 4 is 21.8 Å². The normalized spacial score (nSPS) is 10.7. The zero-order valence-corrected chi connectivity index (χ0v) is 29.0.